The molecule has 0 saturated heterocycles. The van der Waals surface area contributed by atoms with Crippen molar-refractivity contribution in [1.29, 1.82) is 0 Å². The molecule has 0 heterocycles. The van der Waals surface area contributed by atoms with Gasteiger partial charge in [-0.3, -0.25) is 29.3 Å². The maximum atomic E-state index is 13.4. The molecule has 230 valence electrons. The number of amides is 3. The zero-order chi connectivity index (χ0) is 31.3. The van der Waals surface area contributed by atoms with E-state index in [4.69, 9.17) is 16.2 Å². The minimum atomic E-state index is -1.04. The summed E-state index contributed by atoms with van der Waals surface area (Å²) in [6, 6.07) is 1.56. The Morgan fingerprint density at radius 3 is 2.02 bits per heavy atom. The Bertz CT molecular complexity index is 1050. The molecule has 0 fully saturated rings. The van der Waals surface area contributed by atoms with E-state index in [1.165, 1.54) is 36.0 Å². The minimum absolute atomic E-state index is 0.125. The highest BCUT2D eigenvalue weighted by Gasteiger charge is 2.29. The van der Waals surface area contributed by atoms with Gasteiger partial charge in [-0.2, -0.15) is 11.8 Å². The third kappa shape index (κ3) is 13.3. The highest BCUT2D eigenvalue weighted by Crippen LogP contribution is 2.17. The summed E-state index contributed by atoms with van der Waals surface area (Å²) in [7, 11) is 0. The molecule has 1 aromatic rings. The molecule has 0 aromatic heterocycles. The number of anilines is 1. The van der Waals surface area contributed by atoms with E-state index in [-0.39, 0.29) is 24.4 Å². The lowest BCUT2D eigenvalue weighted by molar-refractivity contribution is -0.384. The summed E-state index contributed by atoms with van der Waals surface area (Å²) in [6.45, 7) is 8.75. The molecule has 0 aliphatic heterocycles. The van der Waals surface area contributed by atoms with Crippen molar-refractivity contribution >= 4 is 46.8 Å². The summed E-state index contributed by atoms with van der Waals surface area (Å²) in [5.74, 6) is -1.82. The predicted molar refractivity (Wildman–Crippen MR) is 159 cm³/mol. The summed E-state index contributed by atoms with van der Waals surface area (Å²) in [5.41, 5.74) is 11.5. The number of nitro groups is 1. The molecule has 0 aliphatic rings. The molecular weight excluding hydrogens is 552 g/mol. The molecule has 0 bridgehead atoms. The monoisotopic (exact) mass is 596 g/mol. The fourth-order valence-corrected chi connectivity index (χ4v) is 4.02. The normalized spacial score (nSPS) is 14.4. The largest absolute Gasteiger partial charge is 0.459 e. The number of rotatable bonds is 16. The molecule has 14 heteroatoms. The van der Waals surface area contributed by atoms with Gasteiger partial charge in [0.2, 0.25) is 17.7 Å². The van der Waals surface area contributed by atoms with Gasteiger partial charge in [0, 0.05) is 17.8 Å². The second-order valence-electron chi connectivity index (χ2n) is 11.0. The van der Waals surface area contributed by atoms with Crippen LogP contribution in [0.1, 0.15) is 60.3 Å². The predicted octanol–water partition coefficient (Wildman–Crippen LogP) is 2.08. The van der Waals surface area contributed by atoms with Gasteiger partial charge in [0.1, 0.15) is 23.7 Å². The quantitative estimate of drug-likeness (QED) is 0.107. The third-order valence-electron chi connectivity index (χ3n) is 5.96. The van der Waals surface area contributed by atoms with Crippen molar-refractivity contribution in [3.05, 3.63) is 34.4 Å². The van der Waals surface area contributed by atoms with Crippen LogP contribution in [-0.2, 0) is 23.9 Å². The number of esters is 1. The summed E-state index contributed by atoms with van der Waals surface area (Å²) >= 11 is 1.49. The number of hydrogen-bond donors (Lipinski definition) is 5. The zero-order valence-corrected chi connectivity index (χ0v) is 25.4. The Labute approximate surface area is 245 Å². The lowest BCUT2D eigenvalue weighted by atomic mass is 10.0. The highest BCUT2D eigenvalue weighted by atomic mass is 32.2. The first-order chi connectivity index (χ1) is 19.0. The summed E-state index contributed by atoms with van der Waals surface area (Å²) in [4.78, 5) is 61.7. The molecule has 1 unspecified atom stereocenters. The van der Waals surface area contributed by atoms with Crippen molar-refractivity contribution < 1.29 is 28.8 Å². The van der Waals surface area contributed by atoms with Gasteiger partial charge in [-0.15, -0.1) is 0 Å². The minimum Gasteiger partial charge on any atom is -0.459 e. The Hall–Kier alpha value is -3.23. The van der Waals surface area contributed by atoms with E-state index in [2.05, 4.69) is 16.0 Å². The van der Waals surface area contributed by atoms with Crippen LogP contribution in [0.15, 0.2) is 24.3 Å². The highest BCUT2D eigenvalue weighted by molar-refractivity contribution is 7.98. The van der Waals surface area contributed by atoms with Crippen LogP contribution in [0.4, 0.5) is 11.4 Å². The summed E-state index contributed by atoms with van der Waals surface area (Å²) in [6.07, 6.45) is 2.80. The van der Waals surface area contributed by atoms with Crippen LogP contribution in [0.2, 0.25) is 0 Å². The number of ether oxygens (including phenoxy) is 1. The summed E-state index contributed by atoms with van der Waals surface area (Å²) in [5, 5.41) is 19.0. The molecule has 0 saturated carbocycles. The van der Waals surface area contributed by atoms with Gasteiger partial charge in [-0.05, 0) is 76.5 Å². The molecular formula is C27H44N6O7S. The number of nitro benzene ring substituents is 1. The molecule has 13 nitrogen and oxygen atoms in total. The van der Waals surface area contributed by atoms with Crippen molar-refractivity contribution in [3.8, 4) is 0 Å². The van der Waals surface area contributed by atoms with E-state index in [1.807, 2.05) is 6.26 Å². The first-order valence-corrected chi connectivity index (χ1v) is 14.8. The zero-order valence-electron chi connectivity index (χ0n) is 24.6. The summed E-state index contributed by atoms with van der Waals surface area (Å²) < 4.78 is 5.30. The van der Waals surface area contributed by atoms with Crippen LogP contribution in [0.25, 0.3) is 0 Å². The van der Waals surface area contributed by atoms with Crippen molar-refractivity contribution in [1.82, 2.24) is 10.6 Å². The van der Waals surface area contributed by atoms with E-state index < -0.39 is 58.4 Å². The van der Waals surface area contributed by atoms with Crippen LogP contribution in [0.5, 0.6) is 0 Å². The number of nitrogens with zero attached hydrogens (tertiary/aromatic N) is 1. The van der Waals surface area contributed by atoms with Crippen LogP contribution in [0, 0.1) is 16.0 Å². The van der Waals surface area contributed by atoms with Gasteiger partial charge in [0.25, 0.3) is 5.69 Å². The third-order valence-corrected chi connectivity index (χ3v) is 6.60. The maximum Gasteiger partial charge on any atom is 0.323 e. The number of benzene rings is 1. The number of carbonyl (C=O) groups excluding carboxylic acids is 4. The number of nitrogens with one attached hydrogen (secondary N) is 3. The van der Waals surface area contributed by atoms with Gasteiger partial charge in [-0.25, -0.2) is 0 Å². The first-order valence-electron chi connectivity index (χ1n) is 13.4. The Morgan fingerprint density at radius 2 is 1.51 bits per heavy atom. The Morgan fingerprint density at radius 1 is 0.951 bits per heavy atom. The topological polar surface area (TPSA) is 209 Å². The Kier molecular flexibility index (Phi) is 14.8. The Balaban J connectivity index is 3.01. The molecule has 0 spiro atoms. The maximum absolute atomic E-state index is 13.4. The van der Waals surface area contributed by atoms with Crippen LogP contribution >= 0.6 is 11.8 Å². The lowest BCUT2D eigenvalue weighted by Crippen LogP contribution is -2.56. The molecule has 0 aliphatic carbocycles. The smallest absolute Gasteiger partial charge is 0.323 e. The fourth-order valence-electron chi connectivity index (χ4n) is 3.55. The number of nitrogens with two attached hydrogens (primary N) is 2. The molecule has 41 heavy (non-hydrogen) atoms. The van der Waals surface area contributed by atoms with Gasteiger partial charge in [0.15, 0.2) is 0 Å². The number of carbonyl (C=O) groups is 4. The van der Waals surface area contributed by atoms with Crippen LogP contribution in [-0.4, -0.2) is 70.4 Å². The SMILES string of the molecule is CSCC[C@H](NC(=O)[C@H](CCCC(N)C(=O)OC(C)(C)C)NC(=O)[C@@H](N)C(C)C)C(=O)Nc1ccc([N+](=O)[O-])cc1. The lowest BCUT2D eigenvalue weighted by Gasteiger charge is -2.25. The van der Waals surface area contributed by atoms with Crippen molar-refractivity contribution in [2.75, 3.05) is 17.3 Å². The van der Waals surface area contributed by atoms with Crippen molar-refractivity contribution in [2.45, 2.75) is 90.1 Å². The van der Waals surface area contributed by atoms with Gasteiger partial charge < -0.3 is 32.2 Å². The second kappa shape index (κ2) is 16.9. The van der Waals surface area contributed by atoms with Gasteiger partial charge >= 0.3 is 5.97 Å². The molecule has 0 radical (unpaired) electrons. The van der Waals surface area contributed by atoms with E-state index in [0.717, 1.165) is 0 Å². The number of non-ortho nitro benzene ring substituents is 1. The molecule has 7 N–H and O–H groups in total. The number of hydrogen-bond acceptors (Lipinski definition) is 10. The van der Waals surface area contributed by atoms with E-state index in [0.29, 0.717) is 24.3 Å². The molecule has 1 aromatic carbocycles. The van der Waals surface area contributed by atoms with Gasteiger partial charge in [0.05, 0.1) is 11.0 Å². The average Bonchev–Trinajstić information content (AvgIpc) is 2.88. The number of thioether (sulfide) groups is 1. The molecule has 4 atom stereocenters. The fraction of sp³-hybridized carbons (Fsp3) is 0.630. The van der Waals surface area contributed by atoms with E-state index in [1.54, 1.807) is 34.6 Å². The first kappa shape index (κ1) is 35.8. The van der Waals surface area contributed by atoms with Crippen LogP contribution in [0.3, 0.4) is 0 Å². The standard InChI is InChI=1S/C27H44N6O7S/c1-16(2)22(29)25(36)32-20(9-7-8-19(28)26(37)40-27(3,4)5)24(35)31-21(14-15-41-6)23(34)30-17-10-12-18(13-11-17)33(38)39/h10-13,16,19-22H,7-9,14-15,28-29H2,1-6H3,(H,30,34)(H,31,35)(H,32,36)/t19?,20-,21-,22-/m0/s1. The van der Waals surface area contributed by atoms with E-state index >= 15 is 0 Å². The molecule has 1 rings (SSSR count). The van der Waals surface area contributed by atoms with Crippen molar-refractivity contribution in [3.63, 3.8) is 0 Å². The van der Waals surface area contributed by atoms with Gasteiger partial charge in [-0.1, -0.05) is 13.8 Å². The average molecular weight is 597 g/mol. The molecule has 3 amide bonds. The van der Waals surface area contributed by atoms with E-state index in [9.17, 15) is 29.3 Å². The van der Waals surface area contributed by atoms with Crippen molar-refractivity contribution in [2.24, 2.45) is 17.4 Å². The second-order valence-corrected chi connectivity index (χ2v) is 12.0. The van der Waals surface area contributed by atoms with Crippen LogP contribution < -0.4 is 27.4 Å².